The molecule has 1 aromatic heterocycles. The van der Waals surface area contributed by atoms with Gasteiger partial charge in [-0.2, -0.15) is 0 Å². The molecule has 0 radical (unpaired) electrons. The fourth-order valence-corrected chi connectivity index (χ4v) is 3.69. The Morgan fingerprint density at radius 1 is 0.880 bits per heavy atom. The Kier molecular flexibility index (Phi) is 3.65. The quantitative estimate of drug-likeness (QED) is 0.552. The minimum Gasteiger partial charge on any atom is -0.497 e. The van der Waals surface area contributed by atoms with E-state index in [9.17, 15) is 14.4 Å². The van der Waals surface area contributed by atoms with Crippen molar-refractivity contribution in [1.82, 2.24) is 4.57 Å². The van der Waals surface area contributed by atoms with Gasteiger partial charge in [0.1, 0.15) is 5.75 Å². The average Bonchev–Trinajstić information content (AvgIpc) is 2.94. The maximum atomic E-state index is 11.4. The van der Waals surface area contributed by atoms with Gasteiger partial charge >= 0.3 is 7.60 Å². The number of ether oxygens (including phenoxy) is 1. The molecule has 1 heterocycles. The van der Waals surface area contributed by atoms with Gasteiger partial charge in [0, 0.05) is 22.5 Å². The second-order valence-electron chi connectivity index (χ2n) is 5.80. The fourth-order valence-electron chi connectivity index (χ4n) is 3.15. The molecule has 0 fully saturated rings. The molecule has 0 unspecified atom stereocenters. The van der Waals surface area contributed by atoms with Crippen LogP contribution in [-0.4, -0.2) is 21.5 Å². The van der Waals surface area contributed by atoms with E-state index in [0.717, 1.165) is 33.2 Å². The standard InChI is InChI=1S/C19H16NO4P/c1-24-14-8-11-17-16-4-2-3-5-18(16)20(19(17)12-14)13-6-9-15(10-7-13)25(21,22)23/h2-12H,1H3,(H2,21,22,23). The largest absolute Gasteiger partial charge is 0.497 e. The predicted molar refractivity (Wildman–Crippen MR) is 99.0 cm³/mol. The van der Waals surface area contributed by atoms with Gasteiger partial charge in [-0.05, 0) is 42.5 Å². The number of rotatable bonds is 3. The molecule has 0 bridgehead atoms. The summed E-state index contributed by atoms with van der Waals surface area (Å²) in [6.45, 7) is 0. The van der Waals surface area contributed by atoms with E-state index in [1.54, 1.807) is 19.2 Å². The third kappa shape index (κ3) is 2.63. The van der Waals surface area contributed by atoms with E-state index in [1.807, 2.05) is 36.4 Å². The SMILES string of the molecule is COc1ccc2c3ccccc3n(-c3ccc(P(=O)(O)O)cc3)c2c1. The topological polar surface area (TPSA) is 71.7 Å². The highest BCUT2D eigenvalue weighted by molar-refractivity contribution is 7.60. The Bertz CT molecular complexity index is 1130. The monoisotopic (exact) mass is 353 g/mol. The molecular weight excluding hydrogens is 337 g/mol. The second-order valence-corrected chi connectivity index (χ2v) is 7.40. The lowest BCUT2D eigenvalue weighted by atomic mass is 10.1. The number of nitrogens with zero attached hydrogens (tertiary/aromatic N) is 1. The Balaban J connectivity index is 2.03. The predicted octanol–water partition coefficient (Wildman–Crippen LogP) is 3.60. The molecule has 0 saturated heterocycles. The molecule has 0 spiro atoms. The van der Waals surface area contributed by atoms with Crippen LogP contribution >= 0.6 is 7.60 Å². The van der Waals surface area contributed by atoms with Crippen molar-refractivity contribution in [3.63, 3.8) is 0 Å². The van der Waals surface area contributed by atoms with Crippen LogP contribution in [0.3, 0.4) is 0 Å². The second kappa shape index (κ2) is 5.74. The minimum atomic E-state index is -4.25. The van der Waals surface area contributed by atoms with Gasteiger partial charge < -0.3 is 19.1 Å². The lowest BCUT2D eigenvalue weighted by Crippen LogP contribution is -2.04. The first-order valence-corrected chi connectivity index (χ1v) is 9.34. The average molecular weight is 353 g/mol. The summed E-state index contributed by atoms with van der Waals surface area (Å²) in [7, 11) is -2.62. The van der Waals surface area contributed by atoms with Crippen molar-refractivity contribution in [1.29, 1.82) is 0 Å². The zero-order chi connectivity index (χ0) is 17.6. The molecule has 2 N–H and O–H groups in total. The van der Waals surface area contributed by atoms with Crippen LogP contribution in [0, 0.1) is 0 Å². The smallest absolute Gasteiger partial charge is 0.356 e. The molecule has 126 valence electrons. The van der Waals surface area contributed by atoms with E-state index in [-0.39, 0.29) is 5.30 Å². The normalized spacial score (nSPS) is 12.0. The molecule has 0 saturated carbocycles. The van der Waals surface area contributed by atoms with Gasteiger partial charge in [-0.1, -0.05) is 18.2 Å². The van der Waals surface area contributed by atoms with E-state index in [4.69, 9.17) is 4.74 Å². The van der Waals surface area contributed by atoms with Crippen molar-refractivity contribution in [2.75, 3.05) is 7.11 Å². The Labute approximate surface area is 144 Å². The molecule has 4 aromatic rings. The lowest BCUT2D eigenvalue weighted by molar-refractivity contribution is 0.387. The van der Waals surface area contributed by atoms with Gasteiger partial charge in [-0.15, -0.1) is 0 Å². The van der Waals surface area contributed by atoms with Crippen LogP contribution in [0.25, 0.3) is 27.5 Å². The van der Waals surface area contributed by atoms with Crippen LogP contribution in [0.2, 0.25) is 0 Å². The van der Waals surface area contributed by atoms with Crippen molar-refractivity contribution >= 4 is 34.7 Å². The third-order valence-electron chi connectivity index (χ3n) is 4.33. The molecule has 5 nitrogen and oxygen atoms in total. The molecule has 0 aliphatic rings. The molecule has 25 heavy (non-hydrogen) atoms. The highest BCUT2D eigenvalue weighted by atomic mass is 31.2. The van der Waals surface area contributed by atoms with Gasteiger partial charge in [-0.3, -0.25) is 4.57 Å². The summed E-state index contributed by atoms with van der Waals surface area (Å²) < 4.78 is 18.8. The van der Waals surface area contributed by atoms with Crippen LogP contribution in [-0.2, 0) is 4.57 Å². The van der Waals surface area contributed by atoms with Crippen molar-refractivity contribution in [3.8, 4) is 11.4 Å². The Morgan fingerprint density at radius 3 is 2.24 bits per heavy atom. The summed E-state index contributed by atoms with van der Waals surface area (Å²) in [5.74, 6) is 0.753. The van der Waals surface area contributed by atoms with Crippen LogP contribution in [0.5, 0.6) is 5.75 Å². The first-order chi connectivity index (χ1) is 12.0. The van der Waals surface area contributed by atoms with E-state index in [1.165, 1.54) is 12.1 Å². The van der Waals surface area contributed by atoms with E-state index in [2.05, 4.69) is 10.6 Å². The first kappa shape index (κ1) is 15.9. The molecule has 0 aliphatic carbocycles. The van der Waals surface area contributed by atoms with E-state index < -0.39 is 7.60 Å². The molecule has 0 aliphatic heterocycles. The van der Waals surface area contributed by atoms with Crippen molar-refractivity contribution in [3.05, 3.63) is 66.7 Å². The number of benzene rings is 3. The van der Waals surface area contributed by atoms with Crippen molar-refractivity contribution < 1.29 is 19.1 Å². The van der Waals surface area contributed by atoms with Crippen molar-refractivity contribution in [2.24, 2.45) is 0 Å². The number of hydrogen-bond acceptors (Lipinski definition) is 2. The molecule has 4 rings (SSSR count). The zero-order valence-corrected chi connectivity index (χ0v) is 14.4. The van der Waals surface area contributed by atoms with E-state index in [0.29, 0.717) is 0 Å². The fraction of sp³-hybridized carbons (Fsp3) is 0.0526. The molecule has 3 aromatic carbocycles. The van der Waals surface area contributed by atoms with Gasteiger partial charge in [-0.25, -0.2) is 0 Å². The van der Waals surface area contributed by atoms with Gasteiger partial charge in [0.25, 0.3) is 0 Å². The molecule has 0 amide bonds. The van der Waals surface area contributed by atoms with Crippen molar-refractivity contribution in [2.45, 2.75) is 0 Å². The maximum absolute atomic E-state index is 11.4. The third-order valence-corrected chi connectivity index (χ3v) is 5.30. The molecule has 6 heteroatoms. The highest BCUT2D eigenvalue weighted by Gasteiger charge is 2.17. The Morgan fingerprint density at radius 2 is 1.56 bits per heavy atom. The van der Waals surface area contributed by atoms with Gasteiger partial charge in [0.2, 0.25) is 0 Å². The molecule has 0 atom stereocenters. The van der Waals surface area contributed by atoms with Crippen LogP contribution in [0.4, 0.5) is 0 Å². The van der Waals surface area contributed by atoms with E-state index >= 15 is 0 Å². The number of hydrogen-bond donors (Lipinski definition) is 2. The van der Waals surface area contributed by atoms with Gasteiger partial charge in [0.05, 0.1) is 23.4 Å². The summed E-state index contributed by atoms with van der Waals surface area (Å²) in [6, 6.07) is 20.3. The Hall–Kier alpha value is -2.59. The summed E-state index contributed by atoms with van der Waals surface area (Å²) in [5.41, 5.74) is 2.83. The maximum Gasteiger partial charge on any atom is 0.356 e. The first-order valence-electron chi connectivity index (χ1n) is 7.73. The lowest BCUT2D eigenvalue weighted by Gasteiger charge is -2.10. The number of fused-ring (bicyclic) bond motifs is 3. The van der Waals surface area contributed by atoms with Gasteiger partial charge in [0.15, 0.2) is 0 Å². The number of para-hydroxylation sites is 1. The highest BCUT2D eigenvalue weighted by Crippen LogP contribution is 2.36. The molecular formula is C19H16NO4P. The van der Waals surface area contributed by atoms with Crippen LogP contribution in [0.1, 0.15) is 0 Å². The summed E-state index contributed by atoms with van der Waals surface area (Å²) in [6.07, 6.45) is 0. The summed E-state index contributed by atoms with van der Waals surface area (Å²) >= 11 is 0. The van der Waals surface area contributed by atoms with Crippen LogP contribution in [0.15, 0.2) is 66.7 Å². The van der Waals surface area contributed by atoms with Crippen LogP contribution < -0.4 is 10.0 Å². The minimum absolute atomic E-state index is 0.00889. The zero-order valence-electron chi connectivity index (χ0n) is 13.5. The number of methoxy groups -OCH3 is 1. The summed E-state index contributed by atoms with van der Waals surface area (Å²) in [4.78, 5) is 18.6. The number of aromatic nitrogens is 1. The summed E-state index contributed by atoms with van der Waals surface area (Å²) in [5, 5.41) is 2.21.